The molecule has 2 aromatic carbocycles. The summed E-state index contributed by atoms with van der Waals surface area (Å²) < 4.78 is 19.2. The lowest BCUT2D eigenvalue weighted by molar-refractivity contribution is -0.124. The molecule has 1 aliphatic carbocycles. The highest BCUT2D eigenvalue weighted by molar-refractivity contribution is 8.18. The molecule has 0 unspecified atom stereocenters. The first kappa shape index (κ1) is 21.7. The first-order valence-corrected chi connectivity index (χ1v) is 12.1. The Morgan fingerprint density at radius 3 is 2.45 bits per heavy atom. The van der Waals surface area contributed by atoms with Gasteiger partial charge in [0.2, 0.25) is 0 Å². The highest BCUT2D eigenvalue weighted by Crippen LogP contribution is 2.39. The van der Waals surface area contributed by atoms with Gasteiger partial charge in [-0.2, -0.15) is 0 Å². The Hall–Kier alpha value is -3.12. The third-order valence-electron chi connectivity index (χ3n) is 6.06. The summed E-state index contributed by atoms with van der Waals surface area (Å²) in [5.41, 5.74) is 2.81. The van der Waals surface area contributed by atoms with Gasteiger partial charge in [0.25, 0.3) is 5.91 Å². The number of halogens is 1. The lowest BCUT2D eigenvalue weighted by atomic mass is 9.94. The number of nitrogens with zero attached hydrogens (tertiary/aromatic N) is 2. The summed E-state index contributed by atoms with van der Waals surface area (Å²) in [7, 11) is 0. The zero-order valence-electron chi connectivity index (χ0n) is 18.5. The van der Waals surface area contributed by atoms with Crippen molar-refractivity contribution in [3.05, 3.63) is 82.7 Å². The fraction of sp³-hybridized carbons (Fsp3) is 0.259. The second-order valence-corrected chi connectivity index (χ2v) is 9.53. The molecule has 3 aromatic rings. The monoisotopic (exact) mass is 460 g/mol. The molecule has 1 saturated heterocycles. The van der Waals surface area contributed by atoms with E-state index in [2.05, 4.69) is 0 Å². The first-order chi connectivity index (χ1) is 16.1. The molecule has 5 rings (SSSR count). The van der Waals surface area contributed by atoms with Gasteiger partial charge in [-0.15, -0.1) is 0 Å². The molecule has 4 nitrogen and oxygen atoms in total. The predicted octanol–water partition coefficient (Wildman–Crippen LogP) is 7.33. The van der Waals surface area contributed by atoms with Gasteiger partial charge in [0, 0.05) is 17.7 Å². The number of thioether (sulfide) groups is 1. The number of carbonyl (C=O) groups excluding carboxylic acids is 1. The molecule has 6 heteroatoms. The fourth-order valence-electron chi connectivity index (χ4n) is 4.28. The average molecular weight is 461 g/mol. The van der Waals surface area contributed by atoms with Crippen LogP contribution in [0.1, 0.15) is 43.4 Å². The molecular formula is C27H25FN2O2S. The molecular weight excluding hydrogens is 435 g/mol. The Labute approximate surface area is 197 Å². The van der Waals surface area contributed by atoms with Gasteiger partial charge >= 0.3 is 0 Å². The number of aliphatic imine (C=N–C) groups is 1. The van der Waals surface area contributed by atoms with E-state index in [-0.39, 0.29) is 17.8 Å². The van der Waals surface area contributed by atoms with E-state index in [4.69, 9.17) is 9.41 Å². The predicted molar refractivity (Wildman–Crippen MR) is 132 cm³/mol. The zero-order valence-corrected chi connectivity index (χ0v) is 19.3. The van der Waals surface area contributed by atoms with Gasteiger partial charge in [0.15, 0.2) is 5.17 Å². The van der Waals surface area contributed by atoms with Gasteiger partial charge in [0.1, 0.15) is 17.3 Å². The minimum absolute atomic E-state index is 0.0162. The number of hydrogen-bond donors (Lipinski definition) is 0. The molecule has 2 heterocycles. The molecule has 1 amide bonds. The molecule has 0 bridgehead atoms. The average Bonchev–Trinajstić information content (AvgIpc) is 3.41. The van der Waals surface area contributed by atoms with Crippen LogP contribution in [-0.2, 0) is 4.79 Å². The molecule has 2 fully saturated rings. The molecule has 0 atom stereocenters. The van der Waals surface area contributed by atoms with Crippen molar-refractivity contribution in [1.29, 1.82) is 0 Å². The number of aryl methyl sites for hydroxylation is 1. The largest absolute Gasteiger partial charge is 0.457 e. The van der Waals surface area contributed by atoms with Gasteiger partial charge in [-0.3, -0.25) is 9.69 Å². The molecule has 2 aliphatic rings. The van der Waals surface area contributed by atoms with E-state index in [0.717, 1.165) is 42.1 Å². The second-order valence-electron chi connectivity index (χ2n) is 8.52. The minimum atomic E-state index is -0.288. The van der Waals surface area contributed by atoms with Gasteiger partial charge in [0.05, 0.1) is 10.6 Å². The summed E-state index contributed by atoms with van der Waals surface area (Å²) in [4.78, 5) is 20.8. The van der Waals surface area contributed by atoms with Crippen LogP contribution in [-0.4, -0.2) is 22.0 Å². The van der Waals surface area contributed by atoms with Crippen molar-refractivity contribution in [1.82, 2.24) is 4.90 Å². The highest BCUT2D eigenvalue weighted by atomic mass is 32.2. The lowest BCUT2D eigenvalue weighted by Gasteiger charge is -2.30. The van der Waals surface area contributed by atoms with Crippen molar-refractivity contribution in [3.63, 3.8) is 0 Å². The number of amidine groups is 1. The van der Waals surface area contributed by atoms with Crippen LogP contribution in [0.2, 0.25) is 0 Å². The number of amides is 1. The van der Waals surface area contributed by atoms with E-state index in [1.165, 1.54) is 35.9 Å². The van der Waals surface area contributed by atoms with Gasteiger partial charge in [-0.25, -0.2) is 9.38 Å². The van der Waals surface area contributed by atoms with Crippen molar-refractivity contribution < 1.29 is 13.6 Å². The Balaban J connectivity index is 1.45. The highest BCUT2D eigenvalue weighted by Gasteiger charge is 2.38. The lowest BCUT2D eigenvalue weighted by Crippen LogP contribution is -2.40. The van der Waals surface area contributed by atoms with Crippen molar-refractivity contribution >= 4 is 34.6 Å². The van der Waals surface area contributed by atoms with Crippen LogP contribution in [0.3, 0.4) is 0 Å². The van der Waals surface area contributed by atoms with Crippen LogP contribution in [0.4, 0.5) is 10.1 Å². The topological polar surface area (TPSA) is 45.8 Å². The summed E-state index contributed by atoms with van der Waals surface area (Å²) in [6.07, 6.45) is 7.28. The summed E-state index contributed by atoms with van der Waals surface area (Å²) in [5.74, 6) is 0.918. The molecule has 0 N–H and O–H groups in total. The van der Waals surface area contributed by atoms with Gasteiger partial charge < -0.3 is 4.42 Å². The standard InChI is InChI=1S/C27H25FN2O2S/c1-18-7-13-21(14-8-18)29-27-30(22-5-3-2-4-6-22)26(31)25(33-27)17-23-15-16-24(32-23)19-9-11-20(28)12-10-19/h7-17,22H,2-6H2,1H3/b25-17+,29-27?. The van der Waals surface area contributed by atoms with Crippen LogP contribution < -0.4 is 0 Å². The quantitative estimate of drug-likeness (QED) is 0.383. The Bertz CT molecular complexity index is 1210. The van der Waals surface area contributed by atoms with Crippen LogP contribution in [0.15, 0.2) is 75.0 Å². The Morgan fingerprint density at radius 1 is 1.00 bits per heavy atom. The molecule has 168 valence electrons. The summed E-state index contributed by atoms with van der Waals surface area (Å²) in [5, 5.41) is 0.729. The second kappa shape index (κ2) is 9.40. The maximum Gasteiger partial charge on any atom is 0.267 e. The maximum absolute atomic E-state index is 13.5. The van der Waals surface area contributed by atoms with E-state index in [1.54, 1.807) is 18.2 Å². The smallest absolute Gasteiger partial charge is 0.267 e. The Morgan fingerprint density at radius 2 is 1.73 bits per heavy atom. The SMILES string of the molecule is Cc1ccc(N=C2S/C(=C/c3ccc(-c4ccc(F)cc4)o3)C(=O)N2C2CCCCC2)cc1. The summed E-state index contributed by atoms with van der Waals surface area (Å²) >= 11 is 1.40. The van der Waals surface area contributed by atoms with Gasteiger partial charge in [-0.05, 0) is 80.1 Å². The first-order valence-electron chi connectivity index (χ1n) is 11.3. The summed E-state index contributed by atoms with van der Waals surface area (Å²) in [6, 6.07) is 18.0. The summed E-state index contributed by atoms with van der Waals surface area (Å²) in [6.45, 7) is 2.05. The molecule has 0 radical (unpaired) electrons. The van der Waals surface area contributed by atoms with E-state index < -0.39 is 0 Å². The molecule has 0 spiro atoms. The van der Waals surface area contributed by atoms with E-state index >= 15 is 0 Å². The maximum atomic E-state index is 13.5. The van der Waals surface area contributed by atoms with Crippen molar-refractivity contribution in [2.75, 3.05) is 0 Å². The third-order valence-corrected chi connectivity index (χ3v) is 7.05. The number of furan rings is 1. The van der Waals surface area contributed by atoms with E-state index in [9.17, 15) is 9.18 Å². The molecule has 33 heavy (non-hydrogen) atoms. The van der Waals surface area contributed by atoms with Crippen molar-refractivity contribution in [3.8, 4) is 11.3 Å². The molecule has 1 saturated carbocycles. The van der Waals surface area contributed by atoms with Crippen molar-refractivity contribution in [2.45, 2.75) is 45.1 Å². The normalized spacial score (nSPS) is 19.7. The third kappa shape index (κ3) is 4.81. The molecule has 1 aromatic heterocycles. The number of benzene rings is 2. The van der Waals surface area contributed by atoms with Crippen molar-refractivity contribution in [2.24, 2.45) is 4.99 Å². The number of hydrogen-bond acceptors (Lipinski definition) is 4. The number of rotatable bonds is 4. The van der Waals surface area contributed by atoms with Crippen LogP contribution in [0.25, 0.3) is 17.4 Å². The number of carbonyl (C=O) groups is 1. The van der Waals surface area contributed by atoms with Crippen LogP contribution >= 0.6 is 11.8 Å². The Kier molecular flexibility index (Phi) is 6.18. The van der Waals surface area contributed by atoms with E-state index in [0.29, 0.717) is 16.4 Å². The van der Waals surface area contributed by atoms with Crippen LogP contribution in [0.5, 0.6) is 0 Å². The fourth-order valence-corrected chi connectivity index (χ4v) is 5.32. The molecule has 1 aliphatic heterocycles. The minimum Gasteiger partial charge on any atom is -0.457 e. The van der Waals surface area contributed by atoms with Gasteiger partial charge in [-0.1, -0.05) is 37.0 Å². The zero-order chi connectivity index (χ0) is 22.8. The van der Waals surface area contributed by atoms with Crippen LogP contribution in [0, 0.1) is 12.7 Å². The van der Waals surface area contributed by atoms with E-state index in [1.807, 2.05) is 48.2 Å².